The molecule has 0 aromatic rings. The summed E-state index contributed by atoms with van der Waals surface area (Å²) in [6.45, 7) is 5.02. The maximum absolute atomic E-state index is 11.7. The van der Waals surface area contributed by atoms with Gasteiger partial charge < -0.3 is 20.5 Å². The van der Waals surface area contributed by atoms with Crippen LogP contribution in [0.3, 0.4) is 0 Å². The molecule has 20 heavy (non-hydrogen) atoms. The number of rotatable bonds is 7. The van der Waals surface area contributed by atoms with E-state index in [2.05, 4.69) is 10.6 Å². The van der Waals surface area contributed by atoms with Gasteiger partial charge in [0.25, 0.3) is 0 Å². The van der Waals surface area contributed by atoms with Gasteiger partial charge in [0.2, 0.25) is 0 Å². The van der Waals surface area contributed by atoms with Crippen molar-refractivity contribution in [3.63, 3.8) is 0 Å². The van der Waals surface area contributed by atoms with Crippen LogP contribution in [0.1, 0.15) is 46.0 Å². The molecule has 0 aromatic carbocycles. The van der Waals surface area contributed by atoms with Gasteiger partial charge in [-0.3, -0.25) is 0 Å². The highest BCUT2D eigenvalue weighted by Gasteiger charge is 2.25. The SMILES string of the molecule is CCC(C)[C@H](NC(=O)NCCC1CCCCO1)C(=O)O. The number of amides is 2. The van der Waals surface area contributed by atoms with E-state index in [0.717, 1.165) is 25.9 Å². The van der Waals surface area contributed by atoms with Crippen LogP contribution < -0.4 is 10.6 Å². The smallest absolute Gasteiger partial charge is 0.326 e. The Morgan fingerprint density at radius 1 is 1.40 bits per heavy atom. The van der Waals surface area contributed by atoms with Crippen molar-refractivity contribution in [2.45, 2.75) is 58.1 Å². The maximum Gasteiger partial charge on any atom is 0.326 e. The van der Waals surface area contributed by atoms with Gasteiger partial charge in [-0.05, 0) is 31.6 Å². The molecule has 0 bridgehead atoms. The van der Waals surface area contributed by atoms with Crippen LogP contribution in [-0.4, -0.2) is 42.4 Å². The van der Waals surface area contributed by atoms with Crippen molar-refractivity contribution < 1.29 is 19.4 Å². The van der Waals surface area contributed by atoms with Gasteiger partial charge in [-0.25, -0.2) is 9.59 Å². The standard InChI is InChI=1S/C14H26N2O4/c1-3-10(2)12(13(17)18)16-14(19)15-8-7-11-6-4-5-9-20-11/h10-12H,3-9H2,1-2H3,(H,17,18)(H2,15,16,19)/t10?,11?,12-/m0/s1. The largest absolute Gasteiger partial charge is 0.480 e. The maximum atomic E-state index is 11.7. The van der Waals surface area contributed by atoms with Gasteiger partial charge in [0.05, 0.1) is 6.10 Å². The van der Waals surface area contributed by atoms with E-state index in [9.17, 15) is 9.59 Å². The van der Waals surface area contributed by atoms with Gasteiger partial charge in [-0.2, -0.15) is 0 Å². The molecular formula is C14H26N2O4. The predicted octanol–water partition coefficient (Wildman–Crippen LogP) is 1.74. The summed E-state index contributed by atoms with van der Waals surface area (Å²) >= 11 is 0. The number of hydrogen-bond donors (Lipinski definition) is 3. The van der Waals surface area contributed by atoms with Crippen molar-refractivity contribution in [1.29, 1.82) is 0 Å². The fourth-order valence-electron chi connectivity index (χ4n) is 2.26. The molecule has 1 saturated heterocycles. The Morgan fingerprint density at radius 2 is 2.15 bits per heavy atom. The molecule has 3 N–H and O–H groups in total. The number of carbonyl (C=O) groups is 2. The summed E-state index contributed by atoms with van der Waals surface area (Å²) in [4.78, 5) is 22.8. The summed E-state index contributed by atoms with van der Waals surface area (Å²) in [6, 6.07) is -1.26. The number of nitrogens with one attached hydrogen (secondary N) is 2. The second-order valence-corrected chi connectivity index (χ2v) is 5.38. The minimum absolute atomic E-state index is 0.0973. The molecule has 2 amide bonds. The van der Waals surface area contributed by atoms with Gasteiger partial charge in [-0.15, -0.1) is 0 Å². The Hall–Kier alpha value is -1.30. The van der Waals surface area contributed by atoms with E-state index >= 15 is 0 Å². The van der Waals surface area contributed by atoms with Gasteiger partial charge >= 0.3 is 12.0 Å². The molecule has 1 aliphatic rings. The Labute approximate surface area is 120 Å². The number of aliphatic carboxylic acids is 1. The van der Waals surface area contributed by atoms with E-state index < -0.39 is 18.0 Å². The molecule has 1 heterocycles. The molecule has 0 spiro atoms. The van der Waals surface area contributed by atoms with E-state index in [1.54, 1.807) is 0 Å². The fraction of sp³-hybridized carbons (Fsp3) is 0.857. The molecule has 0 aromatic heterocycles. The quantitative estimate of drug-likeness (QED) is 0.665. The zero-order valence-corrected chi connectivity index (χ0v) is 12.4. The summed E-state index contributed by atoms with van der Waals surface area (Å²) in [5, 5.41) is 14.3. The molecule has 6 nitrogen and oxygen atoms in total. The van der Waals surface area contributed by atoms with Crippen LogP contribution in [0, 0.1) is 5.92 Å². The second kappa shape index (κ2) is 8.79. The summed E-state index contributed by atoms with van der Waals surface area (Å²) in [6.07, 6.45) is 5.01. The molecule has 1 fully saturated rings. The first-order valence-corrected chi connectivity index (χ1v) is 7.43. The van der Waals surface area contributed by atoms with Crippen molar-refractivity contribution in [1.82, 2.24) is 10.6 Å². The zero-order valence-electron chi connectivity index (χ0n) is 12.4. The minimum atomic E-state index is -0.995. The number of carboxylic acid groups (broad SMARTS) is 1. The Bertz CT molecular complexity index is 316. The van der Waals surface area contributed by atoms with Gasteiger partial charge in [0.1, 0.15) is 6.04 Å². The summed E-state index contributed by atoms with van der Waals surface area (Å²) in [7, 11) is 0. The number of ether oxygens (including phenoxy) is 1. The normalized spacial score (nSPS) is 21.8. The topological polar surface area (TPSA) is 87.7 Å². The van der Waals surface area contributed by atoms with Crippen LogP contribution in [0.4, 0.5) is 4.79 Å². The number of hydrogen-bond acceptors (Lipinski definition) is 3. The number of carboxylic acids is 1. The van der Waals surface area contributed by atoms with Crippen LogP contribution in [0.5, 0.6) is 0 Å². The summed E-state index contributed by atoms with van der Waals surface area (Å²) in [5.74, 6) is -1.09. The van der Waals surface area contributed by atoms with E-state index in [1.165, 1.54) is 6.42 Å². The average molecular weight is 286 g/mol. The lowest BCUT2D eigenvalue weighted by Gasteiger charge is -2.23. The average Bonchev–Trinajstić information content (AvgIpc) is 2.45. The first-order chi connectivity index (χ1) is 9.54. The lowest BCUT2D eigenvalue weighted by Crippen LogP contribution is -2.49. The third-order valence-electron chi connectivity index (χ3n) is 3.79. The fourth-order valence-corrected chi connectivity index (χ4v) is 2.26. The lowest BCUT2D eigenvalue weighted by atomic mass is 9.99. The highest BCUT2D eigenvalue weighted by atomic mass is 16.5. The molecule has 1 aliphatic heterocycles. The monoisotopic (exact) mass is 286 g/mol. The van der Waals surface area contributed by atoms with Crippen molar-refractivity contribution in [2.75, 3.05) is 13.2 Å². The van der Waals surface area contributed by atoms with Crippen molar-refractivity contribution in [3.8, 4) is 0 Å². The third-order valence-corrected chi connectivity index (χ3v) is 3.79. The first kappa shape index (κ1) is 16.8. The highest BCUT2D eigenvalue weighted by Crippen LogP contribution is 2.14. The van der Waals surface area contributed by atoms with E-state index in [4.69, 9.17) is 9.84 Å². The Kier molecular flexibility index (Phi) is 7.36. The number of carbonyl (C=O) groups excluding carboxylic acids is 1. The number of urea groups is 1. The van der Waals surface area contributed by atoms with Crippen molar-refractivity contribution in [3.05, 3.63) is 0 Å². The molecule has 1 rings (SSSR count). The minimum Gasteiger partial charge on any atom is -0.480 e. The second-order valence-electron chi connectivity index (χ2n) is 5.38. The molecule has 0 radical (unpaired) electrons. The van der Waals surface area contributed by atoms with Crippen LogP contribution in [0.15, 0.2) is 0 Å². The Morgan fingerprint density at radius 3 is 2.70 bits per heavy atom. The van der Waals surface area contributed by atoms with Gasteiger partial charge in [-0.1, -0.05) is 20.3 Å². The van der Waals surface area contributed by atoms with E-state index in [0.29, 0.717) is 13.0 Å². The van der Waals surface area contributed by atoms with Gasteiger partial charge in [0, 0.05) is 13.2 Å². The van der Waals surface area contributed by atoms with Crippen molar-refractivity contribution in [2.24, 2.45) is 5.92 Å². The summed E-state index contributed by atoms with van der Waals surface area (Å²) in [5.41, 5.74) is 0. The van der Waals surface area contributed by atoms with Crippen LogP contribution in [0.25, 0.3) is 0 Å². The van der Waals surface area contributed by atoms with Crippen molar-refractivity contribution >= 4 is 12.0 Å². The molecule has 3 atom stereocenters. The lowest BCUT2D eigenvalue weighted by molar-refractivity contribution is -0.140. The predicted molar refractivity (Wildman–Crippen MR) is 75.6 cm³/mol. The molecule has 6 heteroatoms. The van der Waals surface area contributed by atoms with Crippen LogP contribution in [-0.2, 0) is 9.53 Å². The zero-order chi connectivity index (χ0) is 15.0. The van der Waals surface area contributed by atoms with E-state index in [-0.39, 0.29) is 12.0 Å². The molecule has 116 valence electrons. The molecule has 2 unspecified atom stereocenters. The molecular weight excluding hydrogens is 260 g/mol. The molecule has 0 aliphatic carbocycles. The highest BCUT2D eigenvalue weighted by molar-refractivity contribution is 5.82. The third kappa shape index (κ3) is 5.77. The summed E-state index contributed by atoms with van der Waals surface area (Å²) < 4.78 is 5.57. The van der Waals surface area contributed by atoms with Gasteiger partial charge in [0.15, 0.2) is 0 Å². The Balaban J connectivity index is 2.25. The van der Waals surface area contributed by atoms with E-state index in [1.807, 2.05) is 13.8 Å². The first-order valence-electron chi connectivity index (χ1n) is 7.43. The van der Waals surface area contributed by atoms with Crippen LogP contribution in [0.2, 0.25) is 0 Å². The van der Waals surface area contributed by atoms with Crippen LogP contribution >= 0.6 is 0 Å². The molecule has 0 saturated carbocycles.